The fourth-order valence-corrected chi connectivity index (χ4v) is 18.4. The van der Waals surface area contributed by atoms with Gasteiger partial charge in [-0.1, -0.05) is 321 Å². The Balaban J connectivity index is 0.000000121. The molecule has 0 bridgehead atoms. The topological polar surface area (TPSA) is 179 Å². The predicted octanol–water partition coefficient (Wildman–Crippen LogP) is 29.4. The number of ether oxygens (including phenoxy) is 2. The summed E-state index contributed by atoms with van der Waals surface area (Å²) in [7, 11) is 3.36. The lowest BCUT2D eigenvalue weighted by Crippen LogP contribution is -2.11. The number of aliphatic hydroxyl groups is 1. The number of aryl methyl sites for hydroxylation is 2. The summed E-state index contributed by atoms with van der Waals surface area (Å²) >= 11 is 0. The van der Waals surface area contributed by atoms with Gasteiger partial charge in [0.2, 0.25) is 17.8 Å². The number of hydrogen-bond acceptors (Lipinski definition) is 15. The molecule has 0 aliphatic rings. The average Bonchev–Trinajstić information content (AvgIpc) is 1.58. The minimum atomic E-state index is -0.0201. The summed E-state index contributed by atoms with van der Waals surface area (Å²) in [6, 6.07) is 157. The Morgan fingerprint density at radius 2 is 0.429 bits per heavy atom. The number of anilines is 9. The quantitative estimate of drug-likeness (QED) is 0.0717. The van der Waals surface area contributed by atoms with E-state index in [1.807, 2.05) is 243 Å². The van der Waals surface area contributed by atoms with Gasteiger partial charge in [0, 0.05) is 99.8 Å². The monoisotopic (exact) mass is 1810 g/mol. The van der Waals surface area contributed by atoms with Gasteiger partial charge in [-0.2, -0.15) is 29.9 Å². The van der Waals surface area contributed by atoms with E-state index in [1.54, 1.807) is 14.2 Å². The molecule has 1 N–H and O–H groups in total. The highest BCUT2D eigenvalue weighted by Crippen LogP contribution is 2.49. The highest BCUT2D eigenvalue weighted by Gasteiger charge is 2.29. The van der Waals surface area contributed by atoms with Crippen molar-refractivity contribution < 1.29 is 14.6 Å². The number of fused-ring (bicyclic) bond motifs is 9. The zero-order valence-electron chi connectivity index (χ0n) is 77.1. The molecule has 0 aliphatic carbocycles. The summed E-state index contributed by atoms with van der Waals surface area (Å²) in [6.45, 7) is 4.22. The molecule has 24 aromatic rings. The molecule has 0 atom stereocenters. The van der Waals surface area contributed by atoms with Crippen LogP contribution in [0.2, 0.25) is 0 Å². The second kappa shape index (κ2) is 38.7. The van der Waals surface area contributed by atoms with Crippen LogP contribution in [0.4, 0.5) is 51.2 Å². The highest BCUT2D eigenvalue weighted by atomic mass is 16.5. The summed E-state index contributed by atoms with van der Waals surface area (Å²) in [5.74, 6) is 6.98. The Morgan fingerprint density at radius 3 is 0.679 bits per heavy atom. The number of nitrogens with zero attached hydrogens (tertiary/aromatic N) is 15. The summed E-state index contributed by atoms with van der Waals surface area (Å²) in [5.41, 5.74) is 24.2. The van der Waals surface area contributed by atoms with Crippen molar-refractivity contribution in [3.05, 3.63) is 478 Å². The van der Waals surface area contributed by atoms with E-state index in [2.05, 4.69) is 261 Å². The maximum Gasteiger partial charge on any atom is 0.238 e. The minimum Gasteiger partial charge on any atom is -0.497 e. The standard InChI is InChI=1S/C41H31N5O2.C41H31N5.C40H29N5O/c1-48-33-25-23-32(24-26-33)45(31-21-19-28(27-47)20-22-31)36-17-10-18-37-38(36)34-15-8-9-16-35(34)46(37)41-43-39(29-11-4-2-5-12-29)42-40(44-41)30-13-6-3-7-14-30;1-28-20-24-32(25-21-28)45(33-26-22-29(2)23-27-33)36-18-11-19-37-38(36)34-16-9-10-17-35(34)46(37)41-43-39(30-12-5-3-6-13-30)42-40(44-41)31-14-7-4-8-15-31;1-46-32-26-24-31(25-27-32)44(30-18-9-4-10-19-30)35-22-13-23-36-37(35)33-20-11-12-21-34(33)45(36)40-42-38(28-14-5-2-6-15-28)41-39(43-40)29-16-7-3-8-17-29/h2-26,47H,27H2,1H3;3-27H,1-2H3;2-27H,1H3. The molecule has 6 aromatic heterocycles. The van der Waals surface area contributed by atoms with Crippen LogP contribution in [-0.2, 0) is 6.61 Å². The smallest absolute Gasteiger partial charge is 0.238 e. The summed E-state index contributed by atoms with van der Waals surface area (Å²) in [6.07, 6.45) is 0. The highest BCUT2D eigenvalue weighted by molar-refractivity contribution is 6.19. The van der Waals surface area contributed by atoms with Crippen molar-refractivity contribution in [2.75, 3.05) is 28.9 Å². The largest absolute Gasteiger partial charge is 0.497 e. The van der Waals surface area contributed by atoms with Crippen LogP contribution in [0.15, 0.2) is 461 Å². The molecular formula is C122H91N15O3. The molecule has 18 aromatic carbocycles. The van der Waals surface area contributed by atoms with E-state index < -0.39 is 0 Å². The van der Waals surface area contributed by atoms with Gasteiger partial charge >= 0.3 is 0 Å². The van der Waals surface area contributed by atoms with Gasteiger partial charge in [-0.15, -0.1) is 0 Å². The number of para-hydroxylation sites is 4. The van der Waals surface area contributed by atoms with Crippen LogP contribution in [0.25, 0.3) is 152 Å². The Kier molecular flexibility index (Phi) is 24.0. The molecule has 0 saturated carbocycles. The lowest BCUT2D eigenvalue weighted by atomic mass is 10.1. The van der Waals surface area contributed by atoms with Crippen molar-refractivity contribution in [2.45, 2.75) is 20.5 Å². The molecule has 140 heavy (non-hydrogen) atoms. The van der Waals surface area contributed by atoms with Crippen LogP contribution in [-0.4, -0.2) is 77.9 Å². The first-order valence-electron chi connectivity index (χ1n) is 46.4. The molecule has 0 aliphatic heterocycles. The van der Waals surface area contributed by atoms with Gasteiger partial charge in [-0.3, -0.25) is 13.7 Å². The Morgan fingerprint density at radius 1 is 0.214 bits per heavy atom. The molecule has 0 spiro atoms. The molecule has 24 rings (SSSR count). The molecule has 6 heterocycles. The second-order valence-corrected chi connectivity index (χ2v) is 33.8. The Hall–Kier alpha value is -18.7. The first-order valence-corrected chi connectivity index (χ1v) is 46.4. The van der Waals surface area contributed by atoms with Crippen LogP contribution >= 0.6 is 0 Å². The summed E-state index contributed by atoms with van der Waals surface area (Å²) in [5, 5.41) is 16.3. The van der Waals surface area contributed by atoms with E-state index in [0.717, 1.165) is 167 Å². The van der Waals surface area contributed by atoms with Crippen molar-refractivity contribution in [3.63, 3.8) is 0 Å². The fourth-order valence-electron chi connectivity index (χ4n) is 18.4. The third-order valence-electron chi connectivity index (χ3n) is 25.0. The maximum atomic E-state index is 9.77. The number of benzene rings is 18. The van der Waals surface area contributed by atoms with E-state index in [1.165, 1.54) is 11.1 Å². The molecular weight excluding hydrogens is 1720 g/mol. The number of hydrogen-bond donors (Lipinski definition) is 1. The SMILES string of the molecule is COc1ccc(N(c2ccc(CO)cc2)c2cccc3c2c2ccccc2n3-c2nc(-c3ccccc3)nc(-c3ccccc3)n2)cc1.COc1ccc(N(c2ccccc2)c2cccc3c2c2ccccc2n3-c2nc(-c3ccccc3)nc(-c3ccccc3)n2)cc1.Cc1ccc(N(c2ccc(C)cc2)c2cccc3c2c2ccccc2n3-c2nc(-c3ccccc3)nc(-c3ccccc3)n2)cc1. The second-order valence-electron chi connectivity index (χ2n) is 33.8. The first kappa shape index (κ1) is 86.7. The van der Waals surface area contributed by atoms with Crippen molar-refractivity contribution in [2.24, 2.45) is 0 Å². The van der Waals surface area contributed by atoms with Crippen LogP contribution in [0.5, 0.6) is 11.5 Å². The lowest BCUT2D eigenvalue weighted by molar-refractivity contribution is 0.282. The molecule has 672 valence electrons. The predicted molar refractivity (Wildman–Crippen MR) is 568 cm³/mol. The van der Waals surface area contributed by atoms with E-state index >= 15 is 0 Å². The summed E-state index contributed by atoms with van der Waals surface area (Å²) < 4.78 is 17.4. The fraction of sp³-hybridized carbons (Fsp3) is 0.0410. The summed E-state index contributed by atoms with van der Waals surface area (Å²) in [4.78, 5) is 52.2. The van der Waals surface area contributed by atoms with Gasteiger partial charge in [-0.05, 0) is 171 Å². The minimum absolute atomic E-state index is 0.0201. The molecule has 0 amide bonds. The third kappa shape index (κ3) is 17.1. The van der Waals surface area contributed by atoms with Gasteiger partial charge in [0.25, 0.3) is 0 Å². The zero-order chi connectivity index (χ0) is 94.4. The maximum absolute atomic E-state index is 9.77. The van der Waals surface area contributed by atoms with Crippen LogP contribution in [0, 0.1) is 13.8 Å². The normalized spacial score (nSPS) is 11.2. The molecule has 18 nitrogen and oxygen atoms in total. The van der Waals surface area contributed by atoms with Gasteiger partial charge in [0.05, 0.1) is 71.0 Å². The van der Waals surface area contributed by atoms with E-state index in [-0.39, 0.29) is 6.61 Å². The van der Waals surface area contributed by atoms with Crippen molar-refractivity contribution in [3.8, 4) is 97.7 Å². The zero-order valence-corrected chi connectivity index (χ0v) is 77.1. The first-order chi connectivity index (χ1) is 69.1. The Bertz CT molecular complexity index is 8280. The van der Waals surface area contributed by atoms with E-state index in [9.17, 15) is 5.11 Å². The van der Waals surface area contributed by atoms with E-state index in [0.29, 0.717) is 52.8 Å². The number of aliphatic hydroxyl groups excluding tert-OH is 1. The van der Waals surface area contributed by atoms with Crippen molar-refractivity contribution >= 4 is 117 Å². The van der Waals surface area contributed by atoms with Crippen LogP contribution < -0.4 is 24.2 Å². The van der Waals surface area contributed by atoms with Crippen LogP contribution in [0.3, 0.4) is 0 Å². The van der Waals surface area contributed by atoms with Crippen molar-refractivity contribution in [1.82, 2.24) is 58.6 Å². The van der Waals surface area contributed by atoms with Gasteiger partial charge < -0.3 is 29.3 Å². The molecule has 0 radical (unpaired) electrons. The number of rotatable bonds is 21. The third-order valence-corrected chi connectivity index (χ3v) is 25.0. The van der Waals surface area contributed by atoms with Crippen molar-refractivity contribution in [1.29, 1.82) is 0 Å². The van der Waals surface area contributed by atoms with Gasteiger partial charge in [-0.25, -0.2) is 15.0 Å². The van der Waals surface area contributed by atoms with Gasteiger partial charge in [0.15, 0.2) is 34.9 Å². The number of methoxy groups -OCH3 is 2. The molecule has 0 unspecified atom stereocenters. The van der Waals surface area contributed by atoms with Crippen LogP contribution in [0.1, 0.15) is 16.7 Å². The Labute approximate surface area is 809 Å². The average molecular weight is 1820 g/mol. The van der Waals surface area contributed by atoms with Gasteiger partial charge in [0.1, 0.15) is 11.5 Å². The molecule has 0 saturated heterocycles. The lowest BCUT2D eigenvalue weighted by Gasteiger charge is -2.27. The van der Waals surface area contributed by atoms with E-state index in [4.69, 9.17) is 54.3 Å². The molecule has 18 heteroatoms. The molecule has 0 fully saturated rings. The number of aromatic nitrogens is 12.